The van der Waals surface area contributed by atoms with Gasteiger partial charge in [0, 0.05) is 6.08 Å². The quantitative estimate of drug-likeness (QED) is 0.522. The highest BCUT2D eigenvalue weighted by atomic mass is 16.5. The molecular formula is C17H14O5. The molecule has 0 aliphatic heterocycles. The predicted molar refractivity (Wildman–Crippen MR) is 81.1 cm³/mol. The highest BCUT2D eigenvalue weighted by Crippen LogP contribution is 2.18. The minimum absolute atomic E-state index is 0.0133. The fourth-order valence-corrected chi connectivity index (χ4v) is 1.75. The smallest absolute Gasteiger partial charge is 0.339 e. The van der Waals surface area contributed by atoms with E-state index in [-0.39, 0.29) is 11.3 Å². The molecule has 0 heterocycles. The lowest BCUT2D eigenvalue weighted by atomic mass is 10.2. The molecule has 5 nitrogen and oxygen atoms in total. The van der Waals surface area contributed by atoms with Gasteiger partial charge in [0.1, 0.15) is 17.1 Å². The van der Waals surface area contributed by atoms with Crippen molar-refractivity contribution in [1.29, 1.82) is 0 Å². The number of rotatable bonds is 5. The molecule has 0 saturated heterocycles. The van der Waals surface area contributed by atoms with E-state index < -0.39 is 11.9 Å². The first-order chi connectivity index (χ1) is 10.6. The van der Waals surface area contributed by atoms with Crippen LogP contribution in [0.5, 0.6) is 11.5 Å². The number of para-hydroxylation sites is 1. The van der Waals surface area contributed by atoms with Gasteiger partial charge in [-0.05, 0) is 35.9 Å². The van der Waals surface area contributed by atoms with Crippen molar-refractivity contribution in [2.45, 2.75) is 0 Å². The number of esters is 1. The molecular weight excluding hydrogens is 284 g/mol. The SMILES string of the molecule is COc1ccc(/C=C/C(=O)Oc2ccccc2C(=O)O)cc1. The van der Waals surface area contributed by atoms with Gasteiger partial charge in [0.15, 0.2) is 0 Å². The molecule has 0 aromatic heterocycles. The van der Waals surface area contributed by atoms with Crippen LogP contribution in [0.1, 0.15) is 15.9 Å². The van der Waals surface area contributed by atoms with Crippen molar-refractivity contribution in [3.8, 4) is 11.5 Å². The normalized spacial score (nSPS) is 10.4. The van der Waals surface area contributed by atoms with Gasteiger partial charge in [-0.1, -0.05) is 24.3 Å². The summed E-state index contributed by atoms with van der Waals surface area (Å²) in [6.45, 7) is 0. The second-order valence-corrected chi connectivity index (χ2v) is 4.33. The zero-order chi connectivity index (χ0) is 15.9. The van der Waals surface area contributed by atoms with Crippen LogP contribution >= 0.6 is 0 Å². The Kier molecular flexibility index (Phi) is 4.93. The van der Waals surface area contributed by atoms with Gasteiger partial charge in [0.2, 0.25) is 0 Å². The fraction of sp³-hybridized carbons (Fsp3) is 0.0588. The number of carboxylic acids is 1. The molecule has 0 radical (unpaired) electrons. The Balaban J connectivity index is 2.06. The summed E-state index contributed by atoms with van der Waals surface area (Å²) in [7, 11) is 1.57. The Labute approximate surface area is 127 Å². The van der Waals surface area contributed by atoms with Crippen molar-refractivity contribution in [3.63, 3.8) is 0 Å². The number of carbonyl (C=O) groups excluding carboxylic acids is 1. The summed E-state index contributed by atoms with van der Waals surface area (Å²) < 4.78 is 10.1. The van der Waals surface area contributed by atoms with Crippen LogP contribution in [0.2, 0.25) is 0 Å². The summed E-state index contributed by atoms with van der Waals surface area (Å²) in [5.41, 5.74) is 0.734. The van der Waals surface area contributed by atoms with Gasteiger partial charge in [-0.25, -0.2) is 9.59 Å². The highest BCUT2D eigenvalue weighted by Gasteiger charge is 2.12. The summed E-state index contributed by atoms with van der Waals surface area (Å²) in [6.07, 6.45) is 2.81. The molecule has 0 saturated carbocycles. The van der Waals surface area contributed by atoms with Gasteiger partial charge in [0.05, 0.1) is 7.11 Å². The summed E-state index contributed by atoms with van der Waals surface area (Å²) >= 11 is 0. The lowest BCUT2D eigenvalue weighted by molar-refractivity contribution is -0.128. The van der Waals surface area contributed by atoms with Gasteiger partial charge >= 0.3 is 11.9 Å². The highest BCUT2D eigenvalue weighted by molar-refractivity contribution is 5.94. The Morgan fingerprint density at radius 3 is 2.36 bits per heavy atom. The van der Waals surface area contributed by atoms with Crippen molar-refractivity contribution < 1.29 is 24.2 Å². The van der Waals surface area contributed by atoms with Crippen LogP contribution in [-0.4, -0.2) is 24.2 Å². The monoisotopic (exact) mass is 298 g/mol. The van der Waals surface area contributed by atoms with E-state index in [2.05, 4.69) is 0 Å². The van der Waals surface area contributed by atoms with Gasteiger partial charge in [-0.2, -0.15) is 0 Å². The molecule has 22 heavy (non-hydrogen) atoms. The summed E-state index contributed by atoms with van der Waals surface area (Å²) in [5.74, 6) is -1.07. The standard InChI is InChI=1S/C17H14O5/c1-21-13-9-6-12(7-10-13)8-11-16(18)22-15-5-3-2-4-14(15)17(19)20/h2-11H,1H3,(H,19,20)/b11-8+. The fourth-order valence-electron chi connectivity index (χ4n) is 1.75. The minimum Gasteiger partial charge on any atom is -0.497 e. The van der Waals surface area contributed by atoms with E-state index in [9.17, 15) is 9.59 Å². The zero-order valence-electron chi connectivity index (χ0n) is 11.9. The molecule has 2 rings (SSSR count). The van der Waals surface area contributed by atoms with E-state index in [1.54, 1.807) is 49.6 Å². The Hall–Kier alpha value is -3.08. The first-order valence-electron chi connectivity index (χ1n) is 6.46. The molecule has 5 heteroatoms. The van der Waals surface area contributed by atoms with E-state index in [4.69, 9.17) is 14.6 Å². The topological polar surface area (TPSA) is 72.8 Å². The third-order valence-corrected chi connectivity index (χ3v) is 2.86. The van der Waals surface area contributed by atoms with E-state index in [0.717, 1.165) is 11.3 Å². The van der Waals surface area contributed by atoms with Crippen LogP contribution in [0.3, 0.4) is 0 Å². The average molecular weight is 298 g/mol. The van der Waals surface area contributed by atoms with Gasteiger partial charge in [-0.15, -0.1) is 0 Å². The van der Waals surface area contributed by atoms with E-state index in [1.807, 2.05) is 0 Å². The number of ether oxygens (including phenoxy) is 2. The molecule has 1 N–H and O–H groups in total. The molecule has 0 aliphatic carbocycles. The number of benzene rings is 2. The maximum Gasteiger partial charge on any atom is 0.339 e. The van der Waals surface area contributed by atoms with Crippen LogP contribution in [0.15, 0.2) is 54.6 Å². The van der Waals surface area contributed by atoms with Crippen LogP contribution < -0.4 is 9.47 Å². The molecule has 0 unspecified atom stereocenters. The van der Waals surface area contributed by atoms with Crippen molar-refractivity contribution in [1.82, 2.24) is 0 Å². The zero-order valence-corrected chi connectivity index (χ0v) is 11.9. The Morgan fingerprint density at radius 2 is 1.73 bits per heavy atom. The molecule has 0 spiro atoms. The molecule has 2 aromatic rings. The number of carbonyl (C=O) groups is 2. The van der Waals surface area contributed by atoms with Crippen LogP contribution in [0.25, 0.3) is 6.08 Å². The second kappa shape index (κ2) is 7.08. The Bertz CT molecular complexity index is 701. The average Bonchev–Trinajstić information content (AvgIpc) is 2.53. The summed E-state index contributed by atoms with van der Waals surface area (Å²) in [6, 6.07) is 13.1. The van der Waals surface area contributed by atoms with Crippen LogP contribution in [0.4, 0.5) is 0 Å². The lowest BCUT2D eigenvalue weighted by Gasteiger charge is -2.04. The number of carboxylic acid groups (broad SMARTS) is 1. The van der Waals surface area contributed by atoms with Crippen molar-refractivity contribution in [3.05, 3.63) is 65.7 Å². The number of hydrogen-bond acceptors (Lipinski definition) is 4. The third-order valence-electron chi connectivity index (χ3n) is 2.86. The van der Waals surface area contributed by atoms with Crippen LogP contribution in [-0.2, 0) is 4.79 Å². The molecule has 2 aromatic carbocycles. The maximum atomic E-state index is 11.8. The molecule has 0 atom stereocenters. The van der Waals surface area contributed by atoms with E-state index in [1.165, 1.54) is 18.2 Å². The molecule has 112 valence electrons. The maximum absolute atomic E-state index is 11.8. The largest absolute Gasteiger partial charge is 0.497 e. The number of aromatic carboxylic acids is 1. The first kappa shape index (κ1) is 15.3. The predicted octanol–water partition coefficient (Wildman–Crippen LogP) is 3.01. The lowest BCUT2D eigenvalue weighted by Crippen LogP contribution is -2.08. The second-order valence-electron chi connectivity index (χ2n) is 4.33. The summed E-state index contributed by atoms with van der Waals surface area (Å²) in [5, 5.41) is 9.01. The van der Waals surface area contributed by atoms with E-state index in [0.29, 0.717) is 0 Å². The van der Waals surface area contributed by atoms with Gasteiger partial charge in [0.25, 0.3) is 0 Å². The molecule has 0 fully saturated rings. The third kappa shape index (κ3) is 3.96. The first-order valence-corrected chi connectivity index (χ1v) is 6.46. The molecule has 0 amide bonds. The van der Waals surface area contributed by atoms with Crippen molar-refractivity contribution >= 4 is 18.0 Å². The summed E-state index contributed by atoms with van der Waals surface area (Å²) in [4.78, 5) is 22.8. The number of methoxy groups -OCH3 is 1. The van der Waals surface area contributed by atoms with Crippen LogP contribution in [0, 0.1) is 0 Å². The van der Waals surface area contributed by atoms with Gasteiger partial charge in [-0.3, -0.25) is 0 Å². The number of hydrogen-bond donors (Lipinski definition) is 1. The Morgan fingerprint density at radius 1 is 1.05 bits per heavy atom. The minimum atomic E-state index is -1.15. The molecule has 0 bridgehead atoms. The van der Waals surface area contributed by atoms with E-state index >= 15 is 0 Å². The molecule has 0 aliphatic rings. The van der Waals surface area contributed by atoms with Gasteiger partial charge < -0.3 is 14.6 Å². The van der Waals surface area contributed by atoms with Crippen molar-refractivity contribution in [2.75, 3.05) is 7.11 Å². The van der Waals surface area contributed by atoms with Crippen molar-refractivity contribution in [2.24, 2.45) is 0 Å².